The van der Waals surface area contributed by atoms with Crippen molar-refractivity contribution in [1.82, 2.24) is 9.97 Å². The van der Waals surface area contributed by atoms with Gasteiger partial charge >= 0.3 is 5.97 Å². The summed E-state index contributed by atoms with van der Waals surface area (Å²) in [5, 5.41) is 12.1. The number of ether oxygens (including phenoxy) is 1. The standard InChI is InChI=1S/C29H24FN2O5PS/c1-38(2,36)28-21-11-12-31-23(21)15-22(30)27(28)37-20-8-4-7-19(14-20)29-32-24(16-39-29)26(35)18-6-3-5-17(13-18)9-10-25(33)34/h3-8,11-16,31H,9-10H2,1-2H3,(H,33,34). The van der Waals surface area contributed by atoms with E-state index in [4.69, 9.17) is 9.84 Å². The topological polar surface area (TPSA) is 109 Å². The Morgan fingerprint density at radius 2 is 1.90 bits per heavy atom. The average molecular weight is 563 g/mol. The largest absolute Gasteiger partial charge is 0.481 e. The van der Waals surface area contributed by atoms with Gasteiger partial charge in [0.15, 0.2) is 11.6 Å². The summed E-state index contributed by atoms with van der Waals surface area (Å²) in [6.07, 6.45) is 1.98. The highest BCUT2D eigenvalue weighted by molar-refractivity contribution is 7.70. The predicted molar refractivity (Wildman–Crippen MR) is 151 cm³/mol. The minimum Gasteiger partial charge on any atom is -0.481 e. The van der Waals surface area contributed by atoms with Crippen LogP contribution in [0.5, 0.6) is 11.5 Å². The van der Waals surface area contributed by atoms with E-state index in [-0.39, 0.29) is 23.6 Å². The maximum atomic E-state index is 15.1. The molecule has 2 aromatic heterocycles. The van der Waals surface area contributed by atoms with E-state index in [1.54, 1.807) is 73.4 Å². The lowest BCUT2D eigenvalue weighted by atomic mass is 10.0. The highest BCUT2D eigenvalue weighted by Crippen LogP contribution is 2.44. The van der Waals surface area contributed by atoms with Crippen molar-refractivity contribution in [1.29, 1.82) is 0 Å². The molecule has 0 atom stereocenters. The molecule has 39 heavy (non-hydrogen) atoms. The van der Waals surface area contributed by atoms with Crippen molar-refractivity contribution in [3.63, 3.8) is 0 Å². The summed E-state index contributed by atoms with van der Waals surface area (Å²) in [6.45, 7) is 3.15. The number of nitrogens with one attached hydrogen (secondary N) is 1. The van der Waals surface area contributed by atoms with Crippen LogP contribution in [0.2, 0.25) is 0 Å². The number of carboxylic acid groups (broad SMARTS) is 1. The van der Waals surface area contributed by atoms with Gasteiger partial charge in [-0.15, -0.1) is 11.3 Å². The van der Waals surface area contributed by atoms with Crippen molar-refractivity contribution in [2.75, 3.05) is 13.3 Å². The van der Waals surface area contributed by atoms with Gasteiger partial charge in [-0.3, -0.25) is 9.59 Å². The van der Waals surface area contributed by atoms with Crippen LogP contribution in [0.25, 0.3) is 21.5 Å². The third kappa shape index (κ3) is 5.70. The molecular formula is C29H24FN2O5PS. The first-order chi connectivity index (χ1) is 18.6. The molecule has 5 rings (SSSR count). The first-order valence-corrected chi connectivity index (χ1v) is 15.5. The van der Waals surface area contributed by atoms with Gasteiger partial charge in [0.25, 0.3) is 0 Å². The number of thiazole rings is 1. The Labute approximate surface area is 227 Å². The lowest BCUT2D eigenvalue weighted by Gasteiger charge is -2.17. The molecule has 0 fully saturated rings. The zero-order chi connectivity index (χ0) is 27.7. The molecule has 0 saturated heterocycles. The Kier molecular flexibility index (Phi) is 7.21. The molecule has 0 aliphatic heterocycles. The number of nitrogens with zero attached hydrogens (tertiary/aromatic N) is 1. The van der Waals surface area contributed by atoms with E-state index in [1.807, 2.05) is 6.07 Å². The minimum absolute atomic E-state index is 0.0184. The number of aromatic nitrogens is 2. The van der Waals surface area contributed by atoms with Gasteiger partial charge in [-0.2, -0.15) is 0 Å². The molecule has 0 spiro atoms. The van der Waals surface area contributed by atoms with E-state index in [0.29, 0.717) is 44.5 Å². The number of halogens is 1. The van der Waals surface area contributed by atoms with Crippen molar-refractivity contribution < 1.29 is 28.4 Å². The number of carbonyl (C=O) groups excluding carboxylic acids is 1. The second kappa shape index (κ2) is 10.6. The molecule has 0 amide bonds. The summed E-state index contributed by atoms with van der Waals surface area (Å²) in [4.78, 5) is 31.4. The van der Waals surface area contributed by atoms with Crippen LogP contribution in [0.15, 0.2) is 72.2 Å². The molecule has 0 bridgehead atoms. The lowest BCUT2D eigenvalue weighted by Crippen LogP contribution is -2.10. The highest BCUT2D eigenvalue weighted by atomic mass is 32.1. The first-order valence-electron chi connectivity index (χ1n) is 12.0. The number of hydrogen-bond acceptors (Lipinski definition) is 6. The maximum absolute atomic E-state index is 15.1. The van der Waals surface area contributed by atoms with E-state index in [1.165, 1.54) is 17.4 Å². The molecule has 3 aromatic carbocycles. The van der Waals surface area contributed by atoms with Gasteiger partial charge in [0.2, 0.25) is 5.78 Å². The van der Waals surface area contributed by atoms with Crippen molar-refractivity contribution in [3.05, 3.63) is 94.9 Å². The Hall–Kier alpha value is -4.07. The number of hydrogen-bond donors (Lipinski definition) is 2. The van der Waals surface area contributed by atoms with Crippen LogP contribution >= 0.6 is 18.5 Å². The molecule has 0 aliphatic rings. The van der Waals surface area contributed by atoms with Crippen molar-refractivity contribution in [2.24, 2.45) is 0 Å². The molecule has 10 heteroatoms. The van der Waals surface area contributed by atoms with Crippen molar-refractivity contribution in [2.45, 2.75) is 12.8 Å². The van der Waals surface area contributed by atoms with E-state index >= 15 is 4.39 Å². The van der Waals surface area contributed by atoms with Crippen LogP contribution in [-0.4, -0.2) is 40.2 Å². The summed E-state index contributed by atoms with van der Waals surface area (Å²) in [7, 11) is -2.91. The molecule has 2 heterocycles. The number of aryl methyl sites for hydroxylation is 1. The number of ketones is 1. The van der Waals surface area contributed by atoms with Crippen LogP contribution in [0.1, 0.15) is 28.0 Å². The van der Waals surface area contributed by atoms with Crippen LogP contribution in [0.3, 0.4) is 0 Å². The van der Waals surface area contributed by atoms with Gasteiger partial charge in [-0.05, 0) is 49.6 Å². The number of carboxylic acids is 1. The van der Waals surface area contributed by atoms with E-state index in [2.05, 4.69) is 9.97 Å². The summed E-state index contributed by atoms with van der Waals surface area (Å²) in [5.74, 6) is -1.53. The number of aromatic amines is 1. The number of carbonyl (C=O) groups is 2. The molecule has 198 valence electrons. The second-order valence-corrected chi connectivity index (χ2v) is 13.4. The zero-order valence-corrected chi connectivity index (χ0v) is 22.8. The molecule has 0 saturated carbocycles. The quantitative estimate of drug-likeness (QED) is 0.153. The molecule has 2 N–H and O–H groups in total. The smallest absolute Gasteiger partial charge is 0.303 e. The monoisotopic (exact) mass is 562 g/mol. The van der Waals surface area contributed by atoms with Gasteiger partial charge < -0.3 is 19.4 Å². The van der Waals surface area contributed by atoms with Crippen molar-refractivity contribution >= 4 is 46.4 Å². The van der Waals surface area contributed by atoms with Gasteiger partial charge in [-0.25, -0.2) is 9.37 Å². The number of H-pyrrole nitrogens is 1. The predicted octanol–water partition coefficient (Wildman–Crippen LogP) is 6.72. The van der Waals surface area contributed by atoms with E-state index in [0.717, 1.165) is 5.56 Å². The van der Waals surface area contributed by atoms with Gasteiger partial charge in [0.1, 0.15) is 23.6 Å². The van der Waals surface area contributed by atoms with E-state index in [9.17, 15) is 14.2 Å². The molecule has 0 unspecified atom stereocenters. The first kappa shape index (κ1) is 26.5. The van der Waals surface area contributed by atoms with Crippen LogP contribution in [0.4, 0.5) is 4.39 Å². The van der Waals surface area contributed by atoms with Crippen LogP contribution in [-0.2, 0) is 15.8 Å². The van der Waals surface area contributed by atoms with Gasteiger partial charge in [0, 0.05) is 46.1 Å². The molecule has 0 radical (unpaired) electrons. The molecule has 0 aliphatic carbocycles. The van der Waals surface area contributed by atoms with E-state index < -0.39 is 18.9 Å². The average Bonchev–Trinajstić information content (AvgIpc) is 3.57. The summed E-state index contributed by atoms with van der Waals surface area (Å²) in [5.41, 5.74) is 2.67. The highest BCUT2D eigenvalue weighted by Gasteiger charge is 2.26. The maximum Gasteiger partial charge on any atom is 0.303 e. The lowest BCUT2D eigenvalue weighted by molar-refractivity contribution is -0.136. The van der Waals surface area contributed by atoms with Crippen molar-refractivity contribution in [3.8, 4) is 22.1 Å². The molecule has 7 nitrogen and oxygen atoms in total. The SMILES string of the molecule is CP(C)(=O)c1c(Oc2cccc(-c3nc(C(=O)c4cccc(CCC(=O)O)c4)cs3)c2)c(F)cc2[nH]ccc12. The number of aliphatic carboxylic acids is 1. The van der Waals surface area contributed by atoms with Crippen LogP contribution < -0.4 is 10.0 Å². The Bertz CT molecular complexity index is 1770. The Morgan fingerprint density at radius 1 is 1.10 bits per heavy atom. The number of benzene rings is 3. The third-order valence-corrected chi connectivity index (χ3v) is 8.54. The summed E-state index contributed by atoms with van der Waals surface area (Å²) >= 11 is 1.28. The fourth-order valence-corrected chi connectivity index (χ4v) is 6.57. The number of rotatable bonds is 9. The van der Waals surface area contributed by atoms with Gasteiger partial charge in [-0.1, -0.05) is 30.3 Å². The fraction of sp³-hybridized carbons (Fsp3) is 0.138. The molecular weight excluding hydrogens is 538 g/mol. The summed E-state index contributed by atoms with van der Waals surface area (Å²) < 4.78 is 34.2. The second-order valence-electron chi connectivity index (χ2n) is 9.42. The number of fused-ring (bicyclic) bond motifs is 1. The Morgan fingerprint density at radius 3 is 2.67 bits per heavy atom. The van der Waals surface area contributed by atoms with Crippen LogP contribution in [0, 0.1) is 5.82 Å². The summed E-state index contributed by atoms with van der Waals surface area (Å²) in [6, 6.07) is 16.9. The zero-order valence-electron chi connectivity index (χ0n) is 21.1. The molecule has 5 aromatic rings. The normalized spacial score (nSPS) is 11.6. The minimum atomic E-state index is -2.91. The fourth-order valence-electron chi connectivity index (χ4n) is 4.36. The Balaban J connectivity index is 1.42. The van der Waals surface area contributed by atoms with Gasteiger partial charge in [0.05, 0.1) is 5.30 Å². The third-order valence-electron chi connectivity index (χ3n) is 6.13.